The highest BCUT2D eigenvalue weighted by molar-refractivity contribution is 5.29. The quantitative estimate of drug-likeness (QED) is 0.485. The zero-order chi connectivity index (χ0) is 9.68. The first-order valence-electron chi connectivity index (χ1n) is 4.73. The van der Waals surface area contributed by atoms with Crippen molar-refractivity contribution in [2.24, 2.45) is 0 Å². The Morgan fingerprint density at radius 3 is 2.62 bits per heavy atom. The fourth-order valence-electron chi connectivity index (χ4n) is 1.35. The lowest BCUT2D eigenvalue weighted by Gasteiger charge is -2.03. The molecule has 0 bridgehead atoms. The van der Waals surface area contributed by atoms with E-state index in [-0.39, 0.29) is 0 Å². The van der Waals surface area contributed by atoms with Gasteiger partial charge in [-0.2, -0.15) is 0 Å². The van der Waals surface area contributed by atoms with Crippen LogP contribution in [0.5, 0.6) is 0 Å². The van der Waals surface area contributed by atoms with Crippen molar-refractivity contribution < 1.29 is 0 Å². The Morgan fingerprint density at radius 2 is 2.00 bits per heavy atom. The summed E-state index contributed by atoms with van der Waals surface area (Å²) in [5.41, 5.74) is 4.14. The summed E-state index contributed by atoms with van der Waals surface area (Å²) < 4.78 is 0. The summed E-state index contributed by atoms with van der Waals surface area (Å²) in [6, 6.07) is 6.63. The van der Waals surface area contributed by atoms with Gasteiger partial charge in [-0.05, 0) is 43.4 Å². The molecule has 0 fully saturated rings. The second kappa shape index (κ2) is 4.72. The van der Waals surface area contributed by atoms with Crippen molar-refractivity contribution in [3.8, 4) is 12.3 Å². The molecule has 68 valence electrons. The summed E-state index contributed by atoms with van der Waals surface area (Å²) in [5.74, 6) is 2.66. The van der Waals surface area contributed by atoms with Gasteiger partial charge in [-0.3, -0.25) is 0 Å². The zero-order valence-electron chi connectivity index (χ0n) is 8.43. The Labute approximate surface area is 81.0 Å². The molecule has 0 saturated heterocycles. The van der Waals surface area contributed by atoms with Gasteiger partial charge in [-0.15, -0.1) is 12.3 Å². The van der Waals surface area contributed by atoms with Crippen LogP contribution in [-0.4, -0.2) is 0 Å². The standard InChI is InChI=1S/C13H16/c1-4-5-6-7-13-9-8-11(2)12(3)10-13/h1,8-10H,5-7H2,2-3H3. The van der Waals surface area contributed by atoms with E-state index in [2.05, 4.69) is 38.0 Å². The third-order valence-electron chi connectivity index (χ3n) is 2.36. The molecule has 0 amide bonds. The fourth-order valence-corrected chi connectivity index (χ4v) is 1.35. The highest BCUT2D eigenvalue weighted by Gasteiger charge is 1.95. The number of terminal acetylenes is 1. The van der Waals surface area contributed by atoms with Crippen LogP contribution >= 0.6 is 0 Å². The van der Waals surface area contributed by atoms with Crippen molar-refractivity contribution in [1.82, 2.24) is 0 Å². The molecule has 1 aromatic carbocycles. The van der Waals surface area contributed by atoms with Crippen molar-refractivity contribution >= 4 is 0 Å². The fraction of sp³-hybridized carbons (Fsp3) is 0.385. The molecule has 0 N–H and O–H groups in total. The van der Waals surface area contributed by atoms with Gasteiger partial charge in [-0.1, -0.05) is 18.2 Å². The maximum atomic E-state index is 5.20. The molecule has 1 rings (SSSR count). The van der Waals surface area contributed by atoms with E-state index < -0.39 is 0 Å². The molecule has 0 spiro atoms. The molecule has 0 aliphatic carbocycles. The summed E-state index contributed by atoms with van der Waals surface area (Å²) in [6.45, 7) is 4.29. The summed E-state index contributed by atoms with van der Waals surface area (Å²) in [5, 5.41) is 0. The largest absolute Gasteiger partial charge is 0.120 e. The lowest BCUT2D eigenvalue weighted by molar-refractivity contribution is 0.856. The summed E-state index contributed by atoms with van der Waals surface area (Å²) in [4.78, 5) is 0. The van der Waals surface area contributed by atoms with E-state index in [1.165, 1.54) is 16.7 Å². The van der Waals surface area contributed by atoms with Crippen LogP contribution in [0.25, 0.3) is 0 Å². The summed E-state index contributed by atoms with van der Waals surface area (Å²) in [6.07, 6.45) is 8.28. The van der Waals surface area contributed by atoms with Gasteiger partial charge in [0.05, 0.1) is 0 Å². The maximum absolute atomic E-state index is 5.20. The molecule has 0 unspecified atom stereocenters. The number of aryl methyl sites for hydroxylation is 3. The van der Waals surface area contributed by atoms with Crippen molar-refractivity contribution in [2.45, 2.75) is 33.1 Å². The summed E-state index contributed by atoms with van der Waals surface area (Å²) in [7, 11) is 0. The molecule has 0 radical (unpaired) electrons. The molecule has 0 aliphatic rings. The number of rotatable bonds is 3. The second-order valence-corrected chi connectivity index (χ2v) is 3.48. The normalized spacial score (nSPS) is 9.62. The molecular weight excluding hydrogens is 156 g/mol. The lowest BCUT2D eigenvalue weighted by Crippen LogP contribution is -1.88. The van der Waals surface area contributed by atoms with E-state index >= 15 is 0 Å². The maximum Gasteiger partial charge on any atom is 0.00892 e. The highest BCUT2D eigenvalue weighted by Crippen LogP contribution is 2.11. The van der Waals surface area contributed by atoms with Crippen LogP contribution in [-0.2, 0) is 6.42 Å². The smallest absolute Gasteiger partial charge is 0.00892 e. The molecule has 0 aliphatic heterocycles. The predicted octanol–water partition coefficient (Wildman–Crippen LogP) is 3.26. The van der Waals surface area contributed by atoms with Gasteiger partial charge in [0.2, 0.25) is 0 Å². The molecular formula is C13H16. The highest BCUT2D eigenvalue weighted by atomic mass is 14.0. The number of benzene rings is 1. The van der Waals surface area contributed by atoms with E-state index in [0.29, 0.717) is 0 Å². The first-order valence-corrected chi connectivity index (χ1v) is 4.73. The van der Waals surface area contributed by atoms with Crippen LogP contribution in [0.1, 0.15) is 29.5 Å². The van der Waals surface area contributed by atoms with E-state index in [0.717, 1.165) is 19.3 Å². The zero-order valence-corrected chi connectivity index (χ0v) is 8.43. The first kappa shape index (κ1) is 9.86. The van der Waals surface area contributed by atoms with Crippen LogP contribution in [0.4, 0.5) is 0 Å². The minimum Gasteiger partial charge on any atom is -0.120 e. The average molecular weight is 172 g/mol. The molecule has 0 saturated carbocycles. The molecule has 0 nitrogen and oxygen atoms in total. The average Bonchev–Trinajstić information content (AvgIpc) is 2.12. The Morgan fingerprint density at radius 1 is 1.23 bits per heavy atom. The summed E-state index contributed by atoms with van der Waals surface area (Å²) >= 11 is 0. The van der Waals surface area contributed by atoms with E-state index in [1.54, 1.807) is 0 Å². The van der Waals surface area contributed by atoms with Crippen molar-refractivity contribution in [3.63, 3.8) is 0 Å². The number of hydrogen-bond donors (Lipinski definition) is 0. The lowest BCUT2D eigenvalue weighted by atomic mass is 10.0. The molecule has 1 aromatic rings. The molecule has 0 heterocycles. The third-order valence-corrected chi connectivity index (χ3v) is 2.36. The van der Waals surface area contributed by atoms with E-state index in [4.69, 9.17) is 6.42 Å². The van der Waals surface area contributed by atoms with Gasteiger partial charge in [-0.25, -0.2) is 0 Å². The van der Waals surface area contributed by atoms with Gasteiger partial charge in [0, 0.05) is 6.42 Å². The minimum absolute atomic E-state index is 0.882. The SMILES string of the molecule is C#CCCCc1ccc(C)c(C)c1. The number of unbranched alkanes of at least 4 members (excludes halogenated alkanes) is 1. The van der Waals surface area contributed by atoms with Crippen molar-refractivity contribution in [2.75, 3.05) is 0 Å². The van der Waals surface area contributed by atoms with E-state index in [9.17, 15) is 0 Å². The van der Waals surface area contributed by atoms with Gasteiger partial charge in [0.1, 0.15) is 0 Å². The Kier molecular flexibility index (Phi) is 3.58. The molecule has 0 heteroatoms. The Balaban J connectivity index is 2.59. The molecule has 0 atom stereocenters. The van der Waals surface area contributed by atoms with Gasteiger partial charge < -0.3 is 0 Å². The topological polar surface area (TPSA) is 0 Å². The predicted molar refractivity (Wildman–Crippen MR) is 57.7 cm³/mol. The van der Waals surface area contributed by atoms with Gasteiger partial charge >= 0.3 is 0 Å². The monoisotopic (exact) mass is 172 g/mol. The van der Waals surface area contributed by atoms with Crippen LogP contribution in [0.2, 0.25) is 0 Å². The van der Waals surface area contributed by atoms with Crippen molar-refractivity contribution in [1.29, 1.82) is 0 Å². The van der Waals surface area contributed by atoms with Crippen LogP contribution < -0.4 is 0 Å². The number of hydrogen-bond acceptors (Lipinski definition) is 0. The van der Waals surface area contributed by atoms with Crippen LogP contribution in [0.3, 0.4) is 0 Å². The Bertz CT molecular complexity index is 315. The van der Waals surface area contributed by atoms with Gasteiger partial charge in [0.15, 0.2) is 0 Å². The van der Waals surface area contributed by atoms with Crippen LogP contribution in [0.15, 0.2) is 18.2 Å². The second-order valence-electron chi connectivity index (χ2n) is 3.48. The Hall–Kier alpha value is -1.22. The van der Waals surface area contributed by atoms with Crippen LogP contribution in [0, 0.1) is 26.2 Å². The first-order chi connectivity index (χ1) is 6.24. The molecule has 0 aromatic heterocycles. The van der Waals surface area contributed by atoms with Gasteiger partial charge in [0.25, 0.3) is 0 Å². The van der Waals surface area contributed by atoms with Crippen molar-refractivity contribution in [3.05, 3.63) is 34.9 Å². The molecule has 13 heavy (non-hydrogen) atoms. The van der Waals surface area contributed by atoms with E-state index in [1.807, 2.05) is 0 Å². The third kappa shape index (κ3) is 2.95. The minimum atomic E-state index is 0.882.